The van der Waals surface area contributed by atoms with Crippen LogP contribution in [0.4, 0.5) is 4.39 Å². The van der Waals surface area contributed by atoms with E-state index in [9.17, 15) is 9.18 Å². The minimum atomic E-state index is -0.596. The SMILES string of the molecule is CC[C@H](Oc1ccc(OC)cc1)C(=O)N[C@@H](C)c1ccc(F)cc1. The zero-order valence-corrected chi connectivity index (χ0v) is 14.1. The van der Waals surface area contributed by atoms with E-state index in [4.69, 9.17) is 9.47 Å². The van der Waals surface area contributed by atoms with Crippen LogP contribution in [-0.4, -0.2) is 19.1 Å². The molecule has 0 unspecified atom stereocenters. The Morgan fingerprint density at radius 1 is 1.08 bits per heavy atom. The lowest BCUT2D eigenvalue weighted by atomic mass is 10.1. The zero-order valence-electron chi connectivity index (χ0n) is 14.1. The van der Waals surface area contributed by atoms with E-state index in [2.05, 4.69) is 5.32 Å². The van der Waals surface area contributed by atoms with Gasteiger partial charge in [-0.3, -0.25) is 4.79 Å². The number of hydrogen-bond acceptors (Lipinski definition) is 3. The molecular formula is C19H22FNO3. The molecule has 0 saturated carbocycles. The van der Waals surface area contributed by atoms with Gasteiger partial charge in [0, 0.05) is 0 Å². The number of methoxy groups -OCH3 is 1. The van der Waals surface area contributed by atoms with Crippen molar-refractivity contribution in [2.45, 2.75) is 32.4 Å². The molecule has 0 aliphatic rings. The van der Waals surface area contributed by atoms with Gasteiger partial charge in [0.15, 0.2) is 6.10 Å². The van der Waals surface area contributed by atoms with Gasteiger partial charge in [-0.1, -0.05) is 19.1 Å². The maximum Gasteiger partial charge on any atom is 0.261 e. The number of carbonyl (C=O) groups is 1. The Kier molecular flexibility index (Phi) is 6.18. The summed E-state index contributed by atoms with van der Waals surface area (Å²) in [5.41, 5.74) is 0.837. The maximum absolute atomic E-state index is 13.0. The van der Waals surface area contributed by atoms with Crippen molar-refractivity contribution in [2.75, 3.05) is 7.11 Å². The third kappa shape index (κ3) is 4.72. The molecule has 0 radical (unpaired) electrons. The third-order valence-electron chi connectivity index (χ3n) is 3.73. The van der Waals surface area contributed by atoms with Crippen LogP contribution in [0.25, 0.3) is 0 Å². The maximum atomic E-state index is 13.0. The lowest BCUT2D eigenvalue weighted by Crippen LogP contribution is -2.39. The molecule has 2 aromatic rings. The molecule has 2 atom stereocenters. The van der Waals surface area contributed by atoms with Crippen LogP contribution in [0.15, 0.2) is 48.5 Å². The van der Waals surface area contributed by atoms with Gasteiger partial charge in [0.1, 0.15) is 17.3 Å². The van der Waals surface area contributed by atoms with Crippen molar-refractivity contribution in [3.8, 4) is 11.5 Å². The lowest BCUT2D eigenvalue weighted by molar-refractivity contribution is -0.128. The molecule has 0 aliphatic heterocycles. The summed E-state index contributed by atoms with van der Waals surface area (Å²) in [7, 11) is 1.59. The van der Waals surface area contributed by atoms with Crippen LogP contribution in [0.3, 0.4) is 0 Å². The number of nitrogens with one attached hydrogen (secondary N) is 1. The summed E-state index contributed by atoms with van der Waals surface area (Å²) in [5.74, 6) is 0.828. The average Bonchev–Trinajstić information content (AvgIpc) is 2.60. The Labute approximate surface area is 141 Å². The van der Waals surface area contributed by atoms with Crippen molar-refractivity contribution in [1.29, 1.82) is 0 Å². The van der Waals surface area contributed by atoms with Gasteiger partial charge in [0.2, 0.25) is 0 Å². The Hall–Kier alpha value is -2.56. The first kappa shape index (κ1) is 17.8. The molecule has 0 aliphatic carbocycles. The van der Waals surface area contributed by atoms with Gasteiger partial charge < -0.3 is 14.8 Å². The summed E-state index contributed by atoms with van der Waals surface area (Å²) < 4.78 is 23.8. The average molecular weight is 331 g/mol. The van der Waals surface area contributed by atoms with E-state index < -0.39 is 6.10 Å². The molecular weight excluding hydrogens is 309 g/mol. The Balaban J connectivity index is 1.98. The lowest BCUT2D eigenvalue weighted by Gasteiger charge is -2.21. The molecule has 0 heterocycles. The molecule has 0 saturated heterocycles. The van der Waals surface area contributed by atoms with Crippen molar-refractivity contribution in [2.24, 2.45) is 0 Å². The van der Waals surface area contributed by atoms with Crippen molar-refractivity contribution in [3.63, 3.8) is 0 Å². The van der Waals surface area contributed by atoms with Crippen LogP contribution >= 0.6 is 0 Å². The first-order valence-electron chi connectivity index (χ1n) is 7.90. The summed E-state index contributed by atoms with van der Waals surface area (Å²) in [5, 5.41) is 2.90. The smallest absolute Gasteiger partial charge is 0.261 e. The van der Waals surface area contributed by atoms with Gasteiger partial charge in [-0.25, -0.2) is 4.39 Å². The summed E-state index contributed by atoms with van der Waals surface area (Å²) in [6.45, 7) is 3.74. The van der Waals surface area contributed by atoms with Crippen LogP contribution in [0.5, 0.6) is 11.5 Å². The van der Waals surface area contributed by atoms with Crippen LogP contribution in [-0.2, 0) is 4.79 Å². The first-order valence-corrected chi connectivity index (χ1v) is 7.90. The Bertz CT molecular complexity index is 655. The van der Waals surface area contributed by atoms with Crippen LogP contribution < -0.4 is 14.8 Å². The predicted octanol–water partition coefficient (Wildman–Crippen LogP) is 3.87. The highest BCUT2D eigenvalue weighted by Gasteiger charge is 2.20. The zero-order chi connectivity index (χ0) is 17.5. The highest BCUT2D eigenvalue weighted by Crippen LogP contribution is 2.20. The van der Waals surface area contributed by atoms with Crippen LogP contribution in [0.1, 0.15) is 31.9 Å². The number of rotatable bonds is 7. The van der Waals surface area contributed by atoms with E-state index in [1.165, 1.54) is 12.1 Å². The standard InChI is InChI=1S/C19H22FNO3/c1-4-18(24-17-11-9-16(23-3)10-12-17)19(22)21-13(2)14-5-7-15(20)8-6-14/h5-13,18H,4H2,1-3H3,(H,21,22)/t13-,18-/m0/s1. The molecule has 2 rings (SSSR count). The number of benzene rings is 2. The number of halogens is 1. The van der Waals surface area contributed by atoms with E-state index in [0.717, 1.165) is 11.3 Å². The van der Waals surface area contributed by atoms with Gasteiger partial charge in [-0.2, -0.15) is 0 Å². The van der Waals surface area contributed by atoms with E-state index >= 15 is 0 Å². The Morgan fingerprint density at radius 2 is 1.67 bits per heavy atom. The van der Waals surface area contributed by atoms with Crippen molar-refractivity contribution in [1.82, 2.24) is 5.32 Å². The highest BCUT2D eigenvalue weighted by molar-refractivity contribution is 5.81. The van der Waals surface area contributed by atoms with Gasteiger partial charge in [-0.05, 0) is 55.3 Å². The molecule has 24 heavy (non-hydrogen) atoms. The van der Waals surface area contributed by atoms with Gasteiger partial charge in [-0.15, -0.1) is 0 Å². The number of amides is 1. The molecule has 4 nitrogen and oxygen atoms in total. The monoisotopic (exact) mass is 331 g/mol. The molecule has 0 bridgehead atoms. The quantitative estimate of drug-likeness (QED) is 0.838. The predicted molar refractivity (Wildman–Crippen MR) is 90.7 cm³/mol. The molecule has 0 aromatic heterocycles. The molecule has 128 valence electrons. The summed E-state index contributed by atoms with van der Waals surface area (Å²) in [6, 6.07) is 12.9. The molecule has 1 amide bonds. The van der Waals surface area contributed by atoms with Gasteiger partial charge in [0.05, 0.1) is 13.2 Å². The fourth-order valence-corrected chi connectivity index (χ4v) is 2.28. The second kappa shape index (κ2) is 8.34. The molecule has 0 fully saturated rings. The molecule has 2 aromatic carbocycles. The fourth-order valence-electron chi connectivity index (χ4n) is 2.28. The first-order chi connectivity index (χ1) is 11.5. The normalized spacial score (nSPS) is 13.0. The molecule has 0 spiro atoms. The van der Waals surface area contributed by atoms with Crippen LogP contribution in [0.2, 0.25) is 0 Å². The van der Waals surface area contributed by atoms with Gasteiger partial charge in [0.25, 0.3) is 5.91 Å². The minimum Gasteiger partial charge on any atom is -0.497 e. The van der Waals surface area contributed by atoms with Crippen molar-refractivity contribution >= 4 is 5.91 Å². The second-order valence-electron chi connectivity index (χ2n) is 5.47. The number of hydrogen-bond donors (Lipinski definition) is 1. The highest BCUT2D eigenvalue weighted by atomic mass is 19.1. The third-order valence-corrected chi connectivity index (χ3v) is 3.73. The van der Waals surface area contributed by atoms with E-state index in [-0.39, 0.29) is 17.8 Å². The Morgan fingerprint density at radius 3 is 2.21 bits per heavy atom. The van der Waals surface area contributed by atoms with Crippen molar-refractivity contribution in [3.05, 3.63) is 59.9 Å². The summed E-state index contributed by atoms with van der Waals surface area (Å²) in [4.78, 5) is 12.4. The van der Waals surface area contributed by atoms with E-state index in [0.29, 0.717) is 12.2 Å². The summed E-state index contributed by atoms with van der Waals surface area (Å²) >= 11 is 0. The minimum absolute atomic E-state index is 0.204. The van der Waals surface area contributed by atoms with E-state index in [1.807, 2.05) is 13.8 Å². The summed E-state index contributed by atoms with van der Waals surface area (Å²) in [6.07, 6.45) is -0.0603. The molecule has 5 heteroatoms. The number of carbonyl (C=O) groups excluding carboxylic acids is 1. The van der Waals surface area contributed by atoms with Crippen molar-refractivity contribution < 1.29 is 18.7 Å². The fraction of sp³-hybridized carbons (Fsp3) is 0.316. The topological polar surface area (TPSA) is 47.6 Å². The second-order valence-corrected chi connectivity index (χ2v) is 5.47. The number of ether oxygens (including phenoxy) is 2. The van der Waals surface area contributed by atoms with Crippen LogP contribution in [0, 0.1) is 5.82 Å². The van der Waals surface area contributed by atoms with Gasteiger partial charge >= 0.3 is 0 Å². The van der Waals surface area contributed by atoms with E-state index in [1.54, 1.807) is 43.5 Å². The molecule has 1 N–H and O–H groups in total. The largest absolute Gasteiger partial charge is 0.497 e.